The molecule has 4 unspecified atom stereocenters. The van der Waals surface area contributed by atoms with Crippen LogP contribution in [0.25, 0.3) is 0 Å². The molecule has 21 heavy (non-hydrogen) atoms. The molecule has 0 amide bonds. The Kier molecular flexibility index (Phi) is 3.10. The zero-order chi connectivity index (χ0) is 14.5. The highest BCUT2D eigenvalue weighted by Gasteiger charge is 2.67. The zero-order valence-electron chi connectivity index (χ0n) is 12.3. The normalized spacial score (nSPS) is 40.2. The van der Waals surface area contributed by atoms with Crippen molar-refractivity contribution in [1.29, 1.82) is 0 Å². The van der Waals surface area contributed by atoms with Gasteiger partial charge in [0.2, 0.25) is 5.79 Å². The summed E-state index contributed by atoms with van der Waals surface area (Å²) in [5.41, 5.74) is 1.15. The third kappa shape index (κ3) is 2.49. The van der Waals surface area contributed by atoms with Crippen LogP contribution >= 0.6 is 0 Å². The van der Waals surface area contributed by atoms with Crippen LogP contribution in [-0.2, 0) is 30.3 Å². The molecule has 3 aliphatic heterocycles. The number of hydrogen-bond donors (Lipinski definition) is 0. The van der Waals surface area contributed by atoms with Gasteiger partial charge in [-0.2, -0.15) is 0 Å². The first-order valence-electron chi connectivity index (χ1n) is 7.37. The maximum absolute atomic E-state index is 5.93. The maximum atomic E-state index is 5.93. The quantitative estimate of drug-likeness (QED) is 0.796. The lowest BCUT2D eigenvalue weighted by molar-refractivity contribution is -0.275. The van der Waals surface area contributed by atoms with Crippen LogP contribution in [0.1, 0.15) is 19.4 Å². The second-order valence-corrected chi connectivity index (χ2v) is 6.27. The molecule has 0 radical (unpaired) electrons. The van der Waals surface area contributed by atoms with Gasteiger partial charge in [0.1, 0.15) is 24.9 Å². The molecule has 3 saturated heterocycles. The van der Waals surface area contributed by atoms with Gasteiger partial charge in [-0.05, 0) is 19.4 Å². The number of rotatable bonds is 3. The van der Waals surface area contributed by atoms with E-state index < -0.39 is 11.6 Å². The first-order chi connectivity index (χ1) is 10.1. The number of epoxide rings is 1. The summed E-state index contributed by atoms with van der Waals surface area (Å²) in [5, 5.41) is 0. The number of benzene rings is 1. The van der Waals surface area contributed by atoms with E-state index in [-0.39, 0.29) is 18.3 Å². The van der Waals surface area contributed by atoms with Crippen molar-refractivity contribution in [2.24, 2.45) is 0 Å². The molecule has 114 valence electrons. The second kappa shape index (κ2) is 4.76. The fourth-order valence-electron chi connectivity index (χ4n) is 3.04. The molecule has 0 N–H and O–H groups in total. The maximum Gasteiger partial charge on any atom is 0.224 e. The lowest BCUT2D eigenvalue weighted by Crippen LogP contribution is -2.51. The van der Waals surface area contributed by atoms with Crippen molar-refractivity contribution >= 4 is 0 Å². The van der Waals surface area contributed by atoms with E-state index in [9.17, 15) is 0 Å². The fraction of sp³-hybridized carbons (Fsp3) is 0.625. The predicted molar refractivity (Wildman–Crippen MR) is 73.5 cm³/mol. The van der Waals surface area contributed by atoms with Gasteiger partial charge in [-0.1, -0.05) is 30.3 Å². The van der Waals surface area contributed by atoms with E-state index in [1.807, 2.05) is 44.2 Å². The summed E-state index contributed by atoms with van der Waals surface area (Å²) in [6.45, 7) is 5.22. The molecule has 1 aromatic rings. The van der Waals surface area contributed by atoms with E-state index in [1.165, 1.54) is 0 Å². The SMILES string of the molecule is CC1(C)OCC2(OCC(OCc3ccccc3)C3OC32)O1. The average Bonchev–Trinajstić information content (AvgIpc) is 3.22. The van der Waals surface area contributed by atoms with Crippen molar-refractivity contribution < 1.29 is 23.7 Å². The van der Waals surface area contributed by atoms with Gasteiger partial charge in [0.25, 0.3) is 0 Å². The lowest BCUT2D eigenvalue weighted by atomic mass is 10.0. The van der Waals surface area contributed by atoms with Gasteiger partial charge in [0, 0.05) is 0 Å². The van der Waals surface area contributed by atoms with Gasteiger partial charge >= 0.3 is 0 Å². The Morgan fingerprint density at radius 3 is 2.71 bits per heavy atom. The Labute approximate surface area is 124 Å². The lowest BCUT2D eigenvalue weighted by Gasteiger charge is -2.33. The van der Waals surface area contributed by atoms with E-state index in [1.54, 1.807) is 0 Å². The van der Waals surface area contributed by atoms with Crippen molar-refractivity contribution in [2.75, 3.05) is 13.2 Å². The predicted octanol–water partition coefficient (Wildman–Crippen LogP) is 1.85. The Balaban J connectivity index is 1.36. The molecule has 0 aliphatic carbocycles. The Bertz CT molecular complexity index is 517. The molecule has 4 atom stereocenters. The Morgan fingerprint density at radius 2 is 2.00 bits per heavy atom. The van der Waals surface area contributed by atoms with Gasteiger partial charge < -0.3 is 23.7 Å². The molecule has 3 fully saturated rings. The molecule has 0 bridgehead atoms. The van der Waals surface area contributed by atoms with E-state index in [2.05, 4.69) is 0 Å². The summed E-state index contributed by atoms with van der Waals surface area (Å²) in [6, 6.07) is 10.1. The summed E-state index contributed by atoms with van der Waals surface area (Å²) in [7, 11) is 0. The molecule has 0 aromatic heterocycles. The van der Waals surface area contributed by atoms with Gasteiger partial charge in [0.05, 0.1) is 13.2 Å². The average molecular weight is 292 g/mol. The van der Waals surface area contributed by atoms with Crippen LogP contribution < -0.4 is 0 Å². The van der Waals surface area contributed by atoms with Gasteiger partial charge in [-0.3, -0.25) is 0 Å². The molecule has 5 heteroatoms. The molecular formula is C16H20O5. The molecule has 4 rings (SSSR count). The van der Waals surface area contributed by atoms with E-state index in [0.717, 1.165) is 5.56 Å². The standard InChI is InChI=1S/C16H20O5/c1-15(2)19-10-16(21-15)14-13(20-14)12(9-18-16)17-8-11-6-4-3-5-7-11/h3-7,12-14H,8-10H2,1-2H3. The van der Waals surface area contributed by atoms with E-state index >= 15 is 0 Å². The summed E-state index contributed by atoms with van der Waals surface area (Å²) in [4.78, 5) is 0. The molecule has 1 spiro atoms. The van der Waals surface area contributed by atoms with Crippen LogP contribution in [0.5, 0.6) is 0 Å². The minimum atomic E-state index is -0.749. The first kappa shape index (κ1) is 13.7. The third-order valence-corrected chi connectivity index (χ3v) is 4.16. The Hall–Kier alpha value is -0.980. The topological polar surface area (TPSA) is 49.5 Å². The van der Waals surface area contributed by atoms with E-state index in [4.69, 9.17) is 23.7 Å². The van der Waals surface area contributed by atoms with Crippen molar-refractivity contribution in [1.82, 2.24) is 0 Å². The van der Waals surface area contributed by atoms with Gasteiger partial charge in [-0.25, -0.2) is 0 Å². The second-order valence-electron chi connectivity index (χ2n) is 6.27. The first-order valence-corrected chi connectivity index (χ1v) is 7.37. The summed E-state index contributed by atoms with van der Waals surface area (Å²) < 4.78 is 29.2. The third-order valence-electron chi connectivity index (χ3n) is 4.16. The van der Waals surface area contributed by atoms with Crippen LogP contribution in [0.3, 0.4) is 0 Å². The molecular weight excluding hydrogens is 272 g/mol. The van der Waals surface area contributed by atoms with Crippen LogP contribution in [0.2, 0.25) is 0 Å². The Morgan fingerprint density at radius 1 is 1.19 bits per heavy atom. The van der Waals surface area contributed by atoms with Gasteiger partial charge in [0.15, 0.2) is 5.79 Å². The summed E-state index contributed by atoms with van der Waals surface area (Å²) >= 11 is 0. The fourth-order valence-corrected chi connectivity index (χ4v) is 3.04. The highest BCUT2D eigenvalue weighted by molar-refractivity contribution is 5.14. The molecule has 5 nitrogen and oxygen atoms in total. The monoisotopic (exact) mass is 292 g/mol. The molecule has 1 aromatic carbocycles. The largest absolute Gasteiger partial charge is 0.368 e. The van der Waals surface area contributed by atoms with Crippen molar-refractivity contribution in [2.45, 2.75) is 50.3 Å². The van der Waals surface area contributed by atoms with Crippen LogP contribution in [0.15, 0.2) is 30.3 Å². The smallest absolute Gasteiger partial charge is 0.224 e. The van der Waals surface area contributed by atoms with Crippen LogP contribution in [0, 0.1) is 0 Å². The van der Waals surface area contributed by atoms with Crippen molar-refractivity contribution in [3.63, 3.8) is 0 Å². The molecule has 0 saturated carbocycles. The minimum absolute atomic E-state index is 0.0416. The van der Waals surface area contributed by atoms with Gasteiger partial charge in [-0.15, -0.1) is 0 Å². The van der Waals surface area contributed by atoms with Crippen LogP contribution in [0.4, 0.5) is 0 Å². The van der Waals surface area contributed by atoms with Crippen molar-refractivity contribution in [3.05, 3.63) is 35.9 Å². The van der Waals surface area contributed by atoms with Crippen LogP contribution in [-0.4, -0.2) is 43.1 Å². The zero-order valence-corrected chi connectivity index (χ0v) is 12.3. The summed E-state index contributed by atoms with van der Waals surface area (Å²) in [6.07, 6.45) is -0.0955. The van der Waals surface area contributed by atoms with Crippen molar-refractivity contribution in [3.8, 4) is 0 Å². The number of hydrogen-bond acceptors (Lipinski definition) is 5. The number of fused-ring (bicyclic) bond motifs is 2. The molecule has 3 heterocycles. The summed E-state index contributed by atoms with van der Waals surface area (Å²) in [5.74, 6) is -1.37. The highest BCUT2D eigenvalue weighted by atomic mass is 16.9. The highest BCUT2D eigenvalue weighted by Crippen LogP contribution is 2.48. The minimum Gasteiger partial charge on any atom is -0.368 e. The molecule has 3 aliphatic rings. The van der Waals surface area contributed by atoms with E-state index in [0.29, 0.717) is 19.8 Å². The number of ether oxygens (including phenoxy) is 5.